The lowest BCUT2D eigenvalue weighted by molar-refractivity contribution is -0.151. The van der Waals surface area contributed by atoms with Crippen LogP contribution in [0.4, 0.5) is 5.69 Å². The number of anilines is 1. The van der Waals surface area contributed by atoms with E-state index in [9.17, 15) is 19.5 Å². The molecule has 1 spiro atoms. The first-order valence-electron chi connectivity index (χ1n) is 15.0. The molecule has 224 valence electrons. The fourth-order valence-corrected chi connectivity index (χ4v) is 7.54. The Balaban J connectivity index is 1.84. The molecule has 3 aliphatic heterocycles. The van der Waals surface area contributed by atoms with Crippen molar-refractivity contribution in [2.24, 2.45) is 17.8 Å². The molecule has 1 N–H and O–H groups in total. The third kappa shape index (κ3) is 5.03. The summed E-state index contributed by atoms with van der Waals surface area (Å²) >= 11 is 0. The van der Waals surface area contributed by atoms with Crippen LogP contribution in [0.25, 0.3) is 0 Å². The smallest absolute Gasteiger partial charge is 0.253 e. The van der Waals surface area contributed by atoms with Gasteiger partial charge < -0.3 is 24.5 Å². The summed E-state index contributed by atoms with van der Waals surface area (Å²) in [5.74, 6) is -2.02. The second-order valence-electron chi connectivity index (χ2n) is 12.3. The molecule has 1 aromatic rings. The zero-order valence-electron chi connectivity index (χ0n) is 25.4. The maximum Gasteiger partial charge on any atom is 0.253 e. The summed E-state index contributed by atoms with van der Waals surface area (Å²) in [7, 11) is 0. The van der Waals surface area contributed by atoms with Gasteiger partial charge in [0.1, 0.15) is 11.6 Å². The van der Waals surface area contributed by atoms with Crippen molar-refractivity contribution >= 4 is 23.4 Å². The van der Waals surface area contributed by atoms with E-state index in [1.807, 2.05) is 45.9 Å². The van der Waals surface area contributed by atoms with Crippen molar-refractivity contribution in [2.45, 2.75) is 77.5 Å². The molecule has 41 heavy (non-hydrogen) atoms. The number of likely N-dealkylation sites (tertiary alicyclic amines) is 1. The molecule has 3 unspecified atom stereocenters. The lowest BCUT2D eigenvalue weighted by Gasteiger charge is -2.39. The fraction of sp³-hybridized carbons (Fsp3) is 0.606. The van der Waals surface area contributed by atoms with Crippen molar-refractivity contribution in [3.8, 4) is 0 Å². The predicted molar refractivity (Wildman–Crippen MR) is 160 cm³/mol. The minimum atomic E-state index is -1.12. The summed E-state index contributed by atoms with van der Waals surface area (Å²) in [6, 6.07) is 5.10. The molecule has 3 amide bonds. The lowest BCUT2D eigenvalue weighted by atomic mass is 9.62. The molecule has 0 saturated carbocycles. The second-order valence-corrected chi connectivity index (χ2v) is 12.3. The molecule has 3 heterocycles. The van der Waals surface area contributed by atoms with E-state index in [4.69, 9.17) is 4.74 Å². The van der Waals surface area contributed by atoms with Gasteiger partial charge in [-0.3, -0.25) is 14.4 Å². The highest BCUT2D eigenvalue weighted by atomic mass is 16.5. The summed E-state index contributed by atoms with van der Waals surface area (Å²) in [6.07, 6.45) is 5.76. The van der Waals surface area contributed by atoms with Gasteiger partial charge in [-0.25, -0.2) is 0 Å². The van der Waals surface area contributed by atoms with Crippen LogP contribution in [0.5, 0.6) is 0 Å². The molecule has 1 aromatic carbocycles. The molecule has 8 heteroatoms. The van der Waals surface area contributed by atoms with Gasteiger partial charge in [0, 0.05) is 38.5 Å². The van der Waals surface area contributed by atoms with Gasteiger partial charge in [0.2, 0.25) is 11.8 Å². The van der Waals surface area contributed by atoms with Gasteiger partial charge in [0.05, 0.1) is 17.4 Å². The fourth-order valence-electron chi connectivity index (χ4n) is 7.54. The van der Waals surface area contributed by atoms with Crippen molar-refractivity contribution in [3.05, 3.63) is 54.6 Å². The van der Waals surface area contributed by atoms with Crippen molar-refractivity contribution in [2.75, 3.05) is 37.7 Å². The first-order valence-corrected chi connectivity index (χ1v) is 15.0. The minimum absolute atomic E-state index is 0.000534. The number of rotatable bonds is 13. The Morgan fingerprint density at radius 2 is 1.88 bits per heavy atom. The molecule has 0 radical (unpaired) electrons. The molecule has 3 saturated heterocycles. The van der Waals surface area contributed by atoms with Gasteiger partial charge in [0.25, 0.3) is 5.91 Å². The highest BCUT2D eigenvalue weighted by Gasteiger charge is 2.80. The third-order valence-electron chi connectivity index (χ3n) is 9.51. The van der Waals surface area contributed by atoms with E-state index in [0.717, 1.165) is 23.2 Å². The van der Waals surface area contributed by atoms with Crippen LogP contribution in [-0.2, 0) is 19.1 Å². The number of aliphatic hydroxyl groups is 1. The van der Waals surface area contributed by atoms with E-state index in [-0.39, 0.29) is 36.8 Å². The van der Waals surface area contributed by atoms with E-state index < -0.39 is 29.1 Å². The number of aryl methyl sites for hydroxylation is 2. The predicted octanol–water partition coefficient (Wildman–Crippen LogP) is 4.03. The normalized spacial score (nSPS) is 29.9. The molecule has 2 bridgehead atoms. The van der Waals surface area contributed by atoms with Crippen LogP contribution in [0, 0.1) is 31.6 Å². The number of nitrogens with zero attached hydrogens (tertiary/aromatic N) is 3. The summed E-state index contributed by atoms with van der Waals surface area (Å²) in [4.78, 5) is 48.6. The van der Waals surface area contributed by atoms with Crippen molar-refractivity contribution in [1.82, 2.24) is 9.80 Å². The van der Waals surface area contributed by atoms with E-state index in [1.165, 1.54) is 0 Å². The maximum atomic E-state index is 14.8. The minimum Gasteiger partial charge on any atom is -0.396 e. The SMILES string of the molecule is C=CCN(CCC)C(=O)[C@@H]1[C@H]2C(=O)N(CCCCO)C(C(=O)N(CC=C)c3cc(C)ccc3C)C23CC(C)[C@@]1(C)O3. The second kappa shape index (κ2) is 12.1. The molecule has 8 nitrogen and oxygen atoms in total. The average Bonchev–Trinajstić information content (AvgIpc) is 3.44. The number of aliphatic hydroxyl groups excluding tert-OH is 1. The Kier molecular flexibility index (Phi) is 9.14. The van der Waals surface area contributed by atoms with E-state index in [1.54, 1.807) is 26.9 Å². The highest BCUT2D eigenvalue weighted by molar-refractivity contribution is 6.05. The topological polar surface area (TPSA) is 90.4 Å². The van der Waals surface area contributed by atoms with Crippen molar-refractivity contribution < 1.29 is 24.2 Å². The number of ether oxygens (including phenoxy) is 1. The third-order valence-corrected chi connectivity index (χ3v) is 9.51. The lowest BCUT2D eigenvalue weighted by Crippen LogP contribution is -2.57. The number of fused-ring (bicyclic) bond motifs is 1. The molecule has 3 fully saturated rings. The molecule has 3 aliphatic rings. The van der Waals surface area contributed by atoms with Crippen LogP contribution in [0.3, 0.4) is 0 Å². The van der Waals surface area contributed by atoms with Crippen molar-refractivity contribution in [1.29, 1.82) is 0 Å². The number of carbonyl (C=O) groups excluding carboxylic acids is 3. The van der Waals surface area contributed by atoms with Crippen LogP contribution >= 0.6 is 0 Å². The standard InChI is InChI=1S/C33H47N3O5/c1-8-15-34(16-9-2)29(38)26-27-30(39)36(18-11-12-19-37)28(33(27)21-24(6)32(26,7)41-33)31(40)35(17-10-3)25-20-22(4)13-14-23(25)5/h8,10,13-14,20,24,26-28,37H,1,3,9,11-12,15-19,21H2,2,4-7H3/t24?,26-,27-,28?,32+,33?/m0/s1. The maximum absolute atomic E-state index is 14.8. The number of amides is 3. The quantitative estimate of drug-likeness (QED) is 0.288. The van der Waals surface area contributed by atoms with Crippen LogP contribution < -0.4 is 4.90 Å². The summed E-state index contributed by atoms with van der Waals surface area (Å²) in [6.45, 7) is 19.3. The van der Waals surface area contributed by atoms with Gasteiger partial charge in [-0.15, -0.1) is 13.2 Å². The molecule has 6 atom stereocenters. The number of benzene rings is 1. The van der Waals surface area contributed by atoms with Crippen LogP contribution in [-0.4, -0.2) is 82.7 Å². The Morgan fingerprint density at radius 1 is 1.17 bits per heavy atom. The Labute approximate surface area is 245 Å². The number of hydrogen-bond donors (Lipinski definition) is 1. The van der Waals surface area contributed by atoms with Crippen LogP contribution in [0.15, 0.2) is 43.5 Å². The van der Waals surface area contributed by atoms with Gasteiger partial charge in [-0.2, -0.15) is 0 Å². The van der Waals surface area contributed by atoms with E-state index in [2.05, 4.69) is 20.1 Å². The van der Waals surface area contributed by atoms with Crippen LogP contribution in [0.2, 0.25) is 0 Å². The van der Waals surface area contributed by atoms with Crippen molar-refractivity contribution in [3.63, 3.8) is 0 Å². The first-order chi connectivity index (χ1) is 19.5. The Hall–Kier alpha value is -2.97. The Bertz CT molecular complexity index is 1200. The Morgan fingerprint density at radius 3 is 2.51 bits per heavy atom. The van der Waals surface area contributed by atoms with E-state index >= 15 is 0 Å². The zero-order chi connectivity index (χ0) is 30.1. The highest BCUT2D eigenvalue weighted by Crippen LogP contribution is 2.65. The molecule has 0 aromatic heterocycles. The van der Waals surface area contributed by atoms with E-state index in [0.29, 0.717) is 38.9 Å². The molecule has 4 rings (SSSR count). The van der Waals surface area contributed by atoms with Gasteiger partial charge in [-0.05, 0) is 69.6 Å². The summed E-state index contributed by atoms with van der Waals surface area (Å²) < 4.78 is 6.92. The first kappa shape index (κ1) is 31.0. The molecular formula is C33H47N3O5. The number of unbranched alkanes of at least 4 members (excludes halogenated alkanes) is 1. The molecular weight excluding hydrogens is 518 g/mol. The monoisotopic (exact) mass is 565 g/mol. The number of hydrogen-bond acceptors (Lipinski definition) is 5. The largest absolute Gasteiger partial charge is 0.396 e. The van der Waals surface area contributed by atoms with Crippen LogP contribution in [0.1, 0.15) is 57.6 Å². The van der Waals surface area contributed by atoms with Gasteiger partial charge in [0.15, 0.2) is 0 Å². The average molecular weight is 566 g/mol. The molecule has 0 aliphatic carbocycles. The van der Waals surface area contributed by atoms with Gasteiger partial charge in [-0.1, -0.05) is 38.1 Å². The van der Waals surface area contributed by atoms with Gasteiger partial charge >= 0.3 is 0 Å². The summed E-state index contributed by atoms with van der Waals surface area (Å²) in [5, 5.41) is 9.48. The number of carbonyl (C=O) groups is 3. The summed E-state index contributed by atoms with van der Waals surface area (Å²) in [5.41, 5.74) is 0.750. The zero-order valence-corrected chi connectivity index (χ0v) is 25.4.